The summed E-state index contributed by atoms with van der Waals surface area (Å²) in [6.45, 7) is 6.77. The molecule has 0 aliphatic carbocycles. The zero-order chi connectivity index (χ0) is 25.7. The van der Waals surface area contributed by atoms with E-state index in [4.69, 9.17) is 0 Å². The van der Waals surface area contributed by atoms with Crippen molar-refractivity contribution in [2.45, 2.75) is 38.6 Å². The smallest absolute Gasteiger partial charge is 0.229 e. The van der Waals surface area contributed by atoms with Crippen LogP contribution < -0.4 is 15.5 Å². The molecule has 2 aliphatic heterocycles. The molecule has 38 heavy (non-hydrogen) atoms. The summed E-state index contributed by atoms with van der Waals surface area (Å²) in [7, 11) is 0. The number of nitrogens with one attached hydrogen (secondary N) is 2. The van der Waals surface area contributed by atoms with Crippen LogP contribution in [0.4, 0.5) is 29.0 Å². The van der Waals surface area contributed by atoms with Crippen LogP contribution in [0.15, 0.2) is 67.0 Å². The molecule has 2 saturated heterocycles. The van der Waals surface area contributed by atoms with Crippen molar-refractivity contribution in [3.63, 3.8) is 0 Å². The average molecular weight is 508 g/mol. The number of rotatable bonds is 7. The SMILES string of the molecule is Cc1cccc(-c2nccc(Nc3ccnc(Nc4ccc(N5CCC(N6CCCC6)CC5)cc4)n3)n2)n1. The van der Waals surface area contributed by atoms with E-state index in [2.05, 4.69) is 69.6 Å². The van der Waals surface area contributed by atoms with E-state index in [-0.39, 0.29) is 0 Å². The number of pyridine rings is 1. The van der Waals surface area contributed by atoms with Crippen LogP contribution in [0, 0.1) is 6.92 Å². The number of hydrogen-bond acceptors (Lipinski definition) is 9. The van der Waals surface area contributed by atoms with Crippen molar-refractivity contribution in [3.8, 4) is 11.5 Å². The van der Waals surface area contributed by atoms with Crippen LogP contribution in [0.1, 0.15) is 31.4 Å². The van der Waals surface area contributed by atoms with Crippen molar-refractivity contribution in [1.29, 1.82) is 0 Å². The maximum Gasteiger partial charge on any atom is 0.229 e. The summed E-state index contributed by atoms with van der Waals surface area (Å²) in [6.07, 6.45) is 8.67. The molecule has 0 atom stereocenters. The molecule has 6 rings (SSSR count). The molecule has 3 aromatic heterocycles. The van der Waals surface area contributed by atoms with E-state index in [0.717, 1.165) is 36.2 Å². The standard InChI is InChI=1S/C29H33N9/c1-21-5-4-6-25(32-21)28-30-15-11-26(35-28)34-27-12-16-31-29(36-27)33-22-7-9-23(10-8-22)38-19-13-24(14-20-38)37-17-2-3-18-37/h4-12,15-16,24H,2-3,13-14,17-20H2,1H3,(H2,30,31,33,34,35,36). The number of benzene rings is 1. The van der Waals surface area contributed by atoms with Crippen LogP contribution in [0.25, 0.3) is 11.5 Å². The molecule has 0 bridgehead atoms. The molecule has 194 valence electrons. The summed E-state index contributed by atoms with van der Waals surface area (Å²) in [4.78, 5) is 27.7. The third-order valence-electron chi connectivity index (χ3n) is 7.29. The summed E-state index contributed by atoms with van der Waals surface area (Å²) >= 11 is 0. The number of hydrogen-bond donors (Lipinski definition) is 2. The highest BCUT2D eigenvalue weighted by molar-refractivity contribution is 5.62. The number of aromatic nitrogens is 5. The average Bonchev–Trinajstić information content (AvgIpc) is 3.49. The first-order valence-corrected chi connectivity index (χ1v) is 13.4. The van der Waals surface area contributed by atoms with Crippen LogP contribution in [0.2, 0.25) is 0 Å². The Balaban J connectivity index is 1.07. The fraction of sp³-hybridized carbons (Fsp3) is 0.345. The fourth-order valence-corrected chi connectivity index (χ4v) is 5.32. The predicted octanol–water partition coefficient (Wildman–Crippen LogP) is 5.19. The maximum absolute atomic E-state index is 4.61. The molecule has 0 amide bonds. The molecular formula is C29H33N9. The van der Waals surface area contributed by atoms with Crippen molar-refractivity contribution >= 4 is 29.0 Å². The molecule has 0 saturated carbocycles. The highest BCUT2D eigenvalue weighted by atomic mass is 15.2. The topological polar surface area (TPSA) is 95.0 Å². The van der Waals surface area contributed by atoms with Crippen LogP contribution in [0.3, 0.4) is 0 Å². The van der Waals surface area contributed by atoms with Crippen molar-refractivity contribution in [1.82, 2.24) is 29.8 Å². The summed E-state index contributed by atoms with van der Waals surface area (Å²) in [6, 6.07) is 18.7. The Hall–Kier alpha value is -4.11. The Kier molecular flexibility index (Phi) is 7.08. The van der Waals surface area contributed by atoms with Gasteiger partial charge in [0.15, 0.2) is 5.82 Å². The quantitative estimate of drug-likeness (QED) is 0.350. The summed E-state index contributed by atoms with van der Waals surface area (Å²) in [5, 5.41) is 6.57. The van der Waals surface area contributed by atoms with E-state index >= 15 is 0 Å². The molecule has 2 aliphatic rings. The number of anilines is 5. The number of aryl methyl sites for hydroxylation is 1. The molecule has 1 aromatic carbocycles. The summed E-state index contributed by atoms with van der Waals surface area (Å²) in [5.41, 5.74) is 3.88. The molecule has 4 aromatic rings. The van der Waals surface area contributed by atoms with Crippen LogP contribution >= 0.6 is 0 Å². The van der Waals surface area contributed by atoms with Gasteiger partial charge in [-0.2, -0.15) is 4.98 Å². The molecule has 2 fully saturated rings. The molecule has 0 spiro atoms. The van der Waals surface area contributed by atoms with E-state index in [1.807, 2.05) is 31.2 Å². The highest BCUT2D eigenvalue weighted by Gasteiger charge is 2.26. The second kappa shape index (κ2) is 11.1. The lowest BCUT2D eigenvalue weighted by atomic mass is 10.0. The van der Waals surface area contributed by atoms with Crippen LogP contribution in [-0.2, 0) is 0 Å². The lowest BCUT2D eigenvalue weighted by Crippen LogP contribution is -2.43. The monoisotopic (exact) mass is 507 g/mol. The van der Waals surface area contributed by atoms with Gasteiger partial charge in [0.1, 0.15) is 17.3 Å². The third kappa shape index (κ3) is 5.73. The fourth-order valence-electron chi connectivity index (χ4n) is 5.32. The van der Waals surface area contributed by atoms with E-state index in [1.54, 1.807) is 18.5 Å². The van der Waals surface area contributed by atoms with E-state index < -0.39 is 0 Å². The van der Waals surface area contributed by atoms with E-state index in [0.29, 0.717) is 23.4 Å². The van der Waals surface area contributed by atoms with Crippen molar-refractivity contribution in [3.05, 3.63) is 72.7 Å². The van der Waals surface area contributed by atoms with Gasteiger partial charge in [-0.05, 0) is 94.2 Å². The van der Waals surface area contributed by atoms with Gasteiger partial charge in [0, 0.05) is 48.6 Å². The van der Waals surface area contributed by atoms with Crippen molar-refractivity contribution in [2.24, 2.45) is 0 Å². The summed E-state index contributed by atoms with van der Waals surface area (Å²) < 4.78 is 0. The molecule has 5 heterocycles. The van der Waals surface area contributed by atoms with Gasteiger partial charge < -0.3 is 20.4 Å². The van der Waals surface area contributed by atoms with Gasteiger partial charge in [-0.3, -0.25) is 0 Å². The molecule has 2 N–H and O–H groups in total. The second-order valence-electron chi connectivity index (χ2n) is 9.95. The second-order valence-corrected chi connectivity index (χ2v) is 9.95. The highest BCUT2D eigenvalue weighted by Crippen LogP contribution is 2.27. The molecule has 0 unspecified atom stereocenters. The molecular weight excluding hydrogens is 474 g/mol. The predicted molar refractivity (Wildman–Crippen MR) is 151 cm³/mol. The zero-order valence-corrected chi connectivity index (χ0v) is 21.7. The van der Waals surface area contributed by atoms with Gasteiger partial charge in [0.25, 0.3) is 0 Å². The van der Waals surface area contributed by atoms with Gasteiger partial charge in [-0.15, -0.1) is 0 Å². The number of likely N-dealkylation sites (tertiary alicyclic amines) is 1. The van der Waals surface area contributed by atoms with E-state index in [9.17, 15) is 0 Å². The molecule has 9 nitrogen and oxygen atoms in total. The first-order valence-electron chi connectivity index (χ1n) is 13.4. The maximum atomic E-state index is 4.61. The Bertz CT molecular complexity index is 1360. The normalized spacial score (nSPS) is 16.5. The number of piperidine rings is 1. The lowest BCUT2D eigenvalue weighted by Gasteiger charge is -2.37. The number of nitrogens with zero attached hydrogens (tertiary/aromatic N) is 7. The first-order chi connectivity index (χ1) is 18.7. The van der Waals surface area contributed by atoms with Crippen molar-refractivity contribution in [2.75, 3.05) is 41.7 Å². The van der Waals surface area contributed by atoms with E-state index in [1.165, 1.54) is 44.5 Å². The minimum absolute atomic E-state index is 0.517. The third-order valence-corrected chi connectivity index (χ3v) is 7.29. The zero-order valence-electron chi connectivity index (χ0n) is 21.7. The minimum atomic E-state index is 0.517. The lowest BCUT2D eigenvalue weighted by molar-refractivity contribution is 0.208. The summed E-state index contributed by atoms with van der Waals surface area (Å²) in [5.74, 6) is 2.36. The largest absolute Gasteiger partial charge is 0.371 e. The van der Waals surface area contributed by atoms with Gasteiger partial charge >= 0.3 is 0 Å². The van der Waals surface area contributed by atoms with Gasteiger partial charge in [-0.25, -0.2) is 19.9 Å². The van der Waals surface area contributed by atoms with Crippen LogP contribution in [-0.4, -0.2) is 62.0 Å². The van der Waals surface area contributed by atoms with Crippen LogP contribution in [0.5, 0.6) is 0 Å². The molecule has 0 radical (unpaired) electrons. The Labute approximate surface area is 223 Å². The molecule has 9 heteroatoms. The van der Waals surface area contributed by atoms with Gasteiger partial charge in [-0.1, -0.05) is 6.07 Å². The Morgan fingerprint density at radius 1 is 0.737 bits per heavy atom. The van der Waals surface area contributed by atoms with Gasteiger partial charge in [0.2, 0.25) is 5.95 Å². The minimum Gasteiger partial charge on any atom is -0.371 e. The first kappa shape index (κ1) is 24.2. The van der Waals surface area contributed by atoms with Crippen molar-refractivity contribution < 1.29 is 0 Å². The Morgan fingerprint density at radius 2 is 1.47 bits per heavy atom. The Morgan fingerprint density at radius 3 is 2.24 bits per heavy atom. The van der Waals surface area contributed by atoms with Gasteiger partial charge in [0.05, 0.1) is 0 Å².